The first kappa shape index (κ1) is 18.4. The molecule has 0 aliphatic carbocycles. The first-order valence-electron chi connectivity index (χ1n) is 8.57. The second-order valence-electron chi connectivity index (χ2n) is 6.42. The lowest BCUT2D eigenvalue weighted by atomic mass is 9.99. The largest absolute Gasteiger partial charge is 0.355 e. The van der Waals surface area contributed by atoms with Crippen LogP contribution in [-0.2, 0) is 4.79 Å². The van der Waals surface area contributed by atoms with Crippen LogP contribution in [0.15, 0.2) is 24.3 Å². The minimum Gasteiger partial charge on any atom is -0.355 e. The van der Waals surface area contributed by atoms with Crippen molar-refractivity contribution in [3.05, 3.63) is 35.6 Å². The SMILES string of the molecule is CC1CCN(CCCNC(=O)CNC(=O)c2cccc(F)c2)CC1. The summed E-state index contributed by atoms with van der Waals surface area (Å²) >= 11 is 0. The lowest BCUT2D eigenvalue weighted by Crippen LogP contribution is -2.39. The monoisotopic (exact) mass is 335 g/mol. The van der Waals surface area contributed by atoms with Gasteiger partial charge in [0, 0.05) is 12.1 Å². The molecule has 1 aromatic carbocycles. The summed E-state index contributed by atoms with van der Waals surface area (Å²) in [6, 6.07) is 5.39. The number of hydrogen-bond donors (Lipinski definition) is 2. The Hall–Kier alpha value is -1.95. The zero-order valence-corrected chi connectivity index (χ0v) is 14.2. The van der Waals surface area contributed by atoms with Gasteiger partial charge in [-0.15, -0.1) is 0 Å². The fraction of sp³-hybridized carbons (Fsp3) is 0.556. The van der Waals surface area contributed by atoms with Crippen molar-refractivity contribution in [3.8, 4) is 0 Å². The Morgan fingerprint density at radius 1 is 1.25 bits per heavy atom. The van der Waals surface area contributed by atoms with E-state index in [-0.39, 0.29) is 18.0 Å². The molecule has 132 valence electrons. The second kappa shape index (κ2) is 9.37. The van der Waals surface area contributed by atoms with E-state index < -0.39 is 11.7 Å². The van der Waals surface area contributed by atoms with E-state index in [1.165, 1.54) is 31.0 Å². The van der Waals surface area contributed by atoms with Gasteiger partial charge in [-0.3, -0.25) is 9.59 Å². The predicted octanol–water partition coefficient (Wildman–Crippen LogP) is 1.79. The molecule has 1 aliphatic heterocycles. The molecule has 0 saturated carbocycles. The van der Waals surface area contributed by atoms with Crippen LogP contribution in [0.3, 0.4) is 0 Å². The maximum Gasteiger partial charge on any atom is 0.251 e. The molecule has 1 aromatic rings. The van der Waals surface area contributed by atoms with Gasteiger partial charge in [0.25, 0.3) is 5.91 Å². The van der Waals surface area contributed by atoms with Crippen LogP contribution in [0.4, 0.5) is 4.39 Å². The van der Waals surface area contributed by atoms with E-state index in [0.717, 1.165) is 38.0 Å². The molecule has 0 aromatic heterocycles. The maximum atomic E-state index is 13.0. The molecule has 0 radical (unpaired) electrons. The van der Waals surface area contributed by atoms with Crippen molar-refractivity contribution in [2.24, 2.45) is 5.92 Å². The van der Waals surface area contributed by atoms with Crippen LogP contribution in [0.1, 0.15) is 36.5 Å². The minimum atomic E-state index is -0.473. The first-order valence-corrected chi connectivity index (χ1v) is 8.57. The van der Waals surface area contributed by atoms with Crippen molar-refractivity contribution in [3.63, 3.8) is 0 Å². The molecule has 0 spiro atoms. The van der Waals surface area contributed by atoms with E-state index >= 15 is 0 Å². The van der Waals surface area contributed by atoms with Crippen LogP contribution in [0, 0.1) is 11.7 Å². The van der Waals surface area contributed by atoms with Crippen molar-refractivity contribution in [1.82, 2.24) is 15.5 Å². The van der Waals surface area contributed by atoms with Gasteiger partial charge in [-0.1, -0.05) is 13.0 Å². The zero-order chi connectivity index (χ0) is 17.4. The summed E-state index contributed by atoms with van der Waals surface area (Å²) in [5, 5.41) is 5.29. The van der Waals surface area contributed by atoms with E-state index in [9.17, 15) is 14.0 Å². The number of benzene rings is 1. The molecule has 1 heterocycles. The van der Waals surface area contributed by atoms with E-state index in [0.29, 0.717) is 6.54 Å². The van der Waals surface area contributed by atoms with Crippen molar-refractivity contribution in [2.45, 2.75) is 26.2 Å². The normalized spacial score (nSPS) is 15.9. The van der Waals surface area contributed by atoms with Gasteiger partial charge in [-0.05, 0) is 63.0 Å². The molecule has 6 heteroatoms. The Kier molecular flexibility index (Phi) is 7.18. The van der Waals surface area contributed by atoms with Crippen molar-refractivity contribution < 1.29 is 14.0 Å². The highest BCUT2D eigenvalue weighted by molar-refractivity contribution is 5.96. The fourth-order valence-electron chi connectivity index (χ4n) is 2.77. The van der Waals surface area contributed by atoms with Crippen molar-refractivity contribution in [2.75, 3.05) is 32.7 Å². The van der Waals surface area contributed by atoms with Crippen LogP contribution >= 0.6 is 0 Å². The number of halogens is 1. The minimum absolute atomic E-state index is 0.101. The van der Waals surface area contributed by atoms with Gasteiger partial charge in [0.1, 0.15) is 5.82 Å². The Morgan fingerprint density at radius 2 is 2.00 bits per heavy atom. The Bertz CT molecular complexity index is 557. The smallest absolute Gasteiger partial charge is 0.251 e. The maximum absolute atomic E-state index is 13.0. The number of nitrogens with one attached hydrogen (secondary N) is 2. The van der Waals surface area contributed by atoms with E-state index in [2.05, 4.69) is 22.5 Å². The molecule has 2 amide bonds. The highest BCUT2D eigenvalue weighted by Crippen LogP contribution is 2.15. The third-order valence-electron chi connectivity index (χ3n) is 4.35. The molecular weight excluding hydrogens is 309 g/mol. The topological polar surface area (TPSA) is 61.4 Å². The summed E-state index contributed by atoms with van der Waals surface area (Å²) in [5.74, 6) is -0.332. The quantitative estimate of drug-likeness (QED) is 0.747. The first-order chi connectivity index (χ1) is 11.5. The average molecular weight is 335 g/mol. The van der Waals surface area contributed by atoms with Crippen LogP contribution in [0.25, 0.3) is 0 Å². The van der Waals surface area contributed by atoms with Gasteiger partial charge in [-0.2, -0.15) is 0 Å². The average Bonchev–Trinajstić information content (AvgIpc) is 2.58. The van der Waals surface area contributed by atoms with Gasteiger partial charge in [0.15, 0.2) is 0 Å². The molecule has 2 N–H and O–H groups in total. The number of nitrogens with zero attached hydrogens (tertiary/aromatic N) is 1. The van der Waals surface area contributed by atoms with Crippen LogP contribution in [-0.4, -0.2) is 49.4 Å². The molecule has 1 fully saturated rings. The molecule has 0 bridgehead atoms. The van der Waals surface area contributed by atoms with Gasteiger partial charge < -0.3 is 15.5 Å². The number of rotatable bonds is 7. The highest BCUT2D eigenvalue weighted by atomic mass is 19.1. The molecule has 1 saturated heterocycles. The molecule has 2 rings (SSSR count). The summed E-state index contributed by atoms with van der Waals surface area (Å²) in [5.41, 5.74) is 0.210. The van der Waals surface area contributed by atoms with E-state index in [4.69, 9.17) is 0 Å². The number of likely N-dealkylation sites (tertiary alicyclic amines) is 1. The van der Waals surface area contributed by atoms with Gasteiger partial charge in [0.2, 0.25) is 5.91 Å². The van der Waals surface area contributed by atoms with Gasteiger partial charge in [0.05, 0.1) is 6.54 Å². The fourth-order valence-corrected chi connectivity index (χ4v) is 2.77. The number of amides is 2. The summed E-state index contributed by atoms with van der Waals surface area (Å²) < 4.78 is 13.0. The lowest BCUT2D eigenvalue weighted by Gasteiger charge is -2.30. The summed E-state index contributed by atoms with van der Waals surface area (Å²) in [4.78, 5) is 26.0. The van der Waals surface area contributed by atoms with Gasteiger partial charge >= 0.3 is 0 Å². The zero-order valence-electron chi connectivity index (χ0n) is 14.2. The Labute approximate surface area is 142 Å². The van der Waals surface area contributed by atoms with Crippen LogP contribution in [0.5, 0.6) is 0 Å². The lowest BCUT2D eigenvalue weighted by molar-refractivity contribution is -0.120. The number of piperidine rings is 1. The molecule has 1 aliphatic rings. The van der Waals surface area contributed by atoms with Crippen LogP contribution in [0.2, 0.25) is 0 Å². The summed E-state index contributed by atoms with van der Waals surface area (Å²) in [6.07, 6.45) is 3.40. The molecule has 0 atom stereocenters. The summed E-state index contributed by atoms with van der Waals surface area (Å²) in [6.45, 7) is 6.05. The molecular formula is C18H26FN3O2. The Balaban J connectivity index is 1.57. The van der Waals surface area contributed by atoms with E-state index in [1.807, 2.05) is 0 Å². The van der Waals surface area contributed by atoms with E-state index in [1.54, 1.807) is 0 Å². The standard InChI is InChI=1S/C18H26FN3O2/c1-14-6-10-22(11-7-14)9-3-8-20-17(23)13-21-18(24)15-4-2-5-16(19)12-15/h2,4-5,12,14H,3,6-11,13H2,1H3,(H,20,23)(H,21,24). The van der Waals surface area contributed by atoms with Gasteiger partial charge in [-0.25, -0.2) is 4.39 Å². The third-order valence-corrected chi connectivity index (χ3v) is 4.35. The molecule has 5 nitrogen and oxygen atoms in total. The third kappa shape index (κ3) is 6.28. The predicted molar refractivity (Wildman–Crippen MR) is 91.2 cm³/mol. The van der Waals surface area contributed by atoms with Crippen molar-refractivity contribution in [1.29, 1.82) is 0 Å². The molecule has 24 heavy (non-hydrogen) atoms. The number of carbonyl (C=O) groups is 2. The van der Waals surface area contributed by atoms with Crippen LogP contribution < -0.4 is 10.6 Å². The number of carbonyl (C=O) groups excluding carboxylic acids is 2. The number of hydrogen-bond acceptors (Lipinski definition) is 3. The highest BCUT2D eigenvalue weighted by Gasteiger charge is 2.15. The van der Waals surface area contributed by atoms with Crippen molar-refractivity contribution >= 4 is 11.8 Å². The summed E-state index contributed by atoms with van der Waals surface area (Å²) in [7, 11) is 0. The Morgan fingerprint density at radius 3 is 2.71 bits per heavy atom. The molecule has 0 unspecified atom stereocenters. The second-order valence-corrected chi connectivity index (χ2v) is 6.42.